The van der Waals surface area contributed by atoms with E-state index >= 15 is 0 Å². The maximum atomic E-state index is 9.40. The summed E-state index contributed by atoms with van der Waals surface area (Å²) in [7, 11) is 0. The second-order valence-corrected chi connectivity index (χ2v) is 7.41. The first-order valence-electron chi connectivity index (χ1n) is 8.77. The number of nitriles is 1. The maximum absolute atomic E-state index is 9.40. The van der Waals surface area contributed by atoms with Gasteiger partial charge in [0.1, 0.15) is 0 Å². The molecule has 4 rings (SSSR count). The van der Waals surface area contributed by atoms with Crippen LogP contribution in [0.3, 0.4) is 0 Å². The third-order valence-corrected chi connectivity index (χ3v) is 6.20. The molecule has 0 aromatic heterocycles. The number of nitrogens with one attached hydrogen (secondary N) is 1. The van der Waals surface area contributed by atoms with Crippen molar-refractivity contribution in [2.24, 2.45) is 5.41 Å². The number of piperidine rings is 1. The predicted octanol–water partition coefficient (Wildman–Crippen LogP) is 3.23. The average molecular weight is 295 g/mol. The first kappa shape index (κ1) is 14.2. The quantitative estimate of drug-likeness (QED) is 0.910. The lowest BCUT2D eigenvalue weighted by molar-refractivity contribution is -0.0264. The Morgan fingerprint density at radius 1 is 1.18 bits per heavy atom. The molecule has 0 bridgehead atoms. The standard InChI is InChI=1S/C19H25N3/c20-14-15-4-1-2-5-17(15)18-6-3-11-22(18)16-12-19(13-16)7-9-21-10-8-19/h1-2,4-5,16,18,21H,3,6-13H2/t18-/m0/s1. The van der Waals surface area contributed by atoms with Crippen LogP contribution in [-0.2, 0) is 0 Å². The molecule has 116 valence electrons. The van der Waals surface area contributed by atoms with Crippen LogP contribution < -0.4 is 5.32 Å². The van der Waals surface area contributed by atoms with Gasteiger partial charge in [-0.3, -0.25) is 4.90 Å². The van der Waals surface area contributed by atoms with Crippen molar-refractivity contribution in [2.45, 2.75) is 50.6 Å². The van der Waals surface area contributed by atoms with Crippen LogP contribution in [0.15, 0.2) is 24.3 Å². The second kappa shape index (κ2) is 5.68. The fraction of sp³-hybridized carbons (Fsp3) is 0.632. The topological polar surface area (TPSA) is 39.1 Å². The highest BCUT2D eigenvalue weighted by atomic mass is 15.2. The van der Waals surface area contributed by atoms with E-state index in [1.807, 2.05) is 12.1 Å². The number of benzene rings is 1. The number of hydrogen-bond donors (Lipinski definition) is 1. The van der Waals surface area contributed by atoms with Crippen LogP contribution in [0.4, 0.5) is 0 Å². The van der Waals surface area contributed by atoms with E-state index in [4.69, 9.17) is 0 Å². The Hall–Kier alpha value is -1.37. The van der Waals surface area contributed by atoms with Gasteiger partial charge in [-0.05, 0) is 75.2 Å². The lowest BCUT2D eigenvalue weighted by atomic mass is 9.60. The lowest BCUT2D eigenvalue weighted by Crippen LogP contribution is -2.54. The Bertz CT molecular complexity index is 575. The molecule has 2 saturated heterocycles. The van der Waals surface area contributed by atoms with Gasteiger partial charge in [-0.1, -0.05) is 18.2 Å². The van der Waals surface area contributed by atoms with Crippen molar-refractivity contribution < 1.29 is 0 Å². The fourth-order valence-electron chi connectivity index (χ4n) is 4.99. The van der Waals surface area contributed by atoms with Crippen molar-refractivity contribution in [3.05, 3.63) is 35.4 Å². The van der Waals surface area contributed by atoms with Crippen molar-refractivity contribution >= 4 is 0 Å². The summed E-state index contributed by atoms with van der Waals surface area (Å²) in [5, 5.41) is 12.9. The Kier molecular flexibility index (Phi) is 3.68. The molecule has 22 heavy (non-hydrogen) atoms. The lowest BCUT2D eigenvalue weighted by Gasteiger charge is -2.54. The van der Waals surface area contributed by atoms with Crippen molar-refractivity contribution in [1.82, 2.24) is 10.2 Å². The zero-order valence-corrected chi connectivity index (χ0v) is 13.2. The molecule has 3 nitrogen and oxygen atoms in total. The van der Waals surface area contributed by atoms with E-state index in [2.05, 4.69) is 28.4 Å². The Labute approximate surface area is 133 Å². The van der Waals surface area contributed by atoms with Crippen molar-refractivity contribution in [3.8, 4) is 6.07 Å². The SMILES string of the molecule is N#Cc1ccccc1[C@@H]1CCCN1C1CC2(CCNCC2)C1. The summed E-state index contributed by atoms with van der Waals surface area (Å²) in [6.07, 6.45) is 7.95. The summed E-state index contributed by atoms with van der Waals surface area (Å²) in [4.78, 5) is 2.71. The minimum atomic E-state index is 0.472. The van der Waals surface area contributed by atoms with Gasteiger partial charge in [0, 0.05) is 12.1 Å². The predicted molar refractivity (Wildman–Crippen MR) is 87.4 cm³/mol. The molecule has 0 radical (unpaired) electrons. The van der Waals surface area contributed by atoms with Gasteiger partial charge in [0.25, 0.3) is 0 Å². The molecule has 1 N–H and O–H groups in total. The number of rotatable bonds is 2. The number of likely N-dealkylation sites (tertiary alicyclic amines) is 1. The highest BCUT2D eigenvalue weighted by Gasteiger charge is 2.48. The van der Waals surface area contributed by atoms with Crippen molar-refractivity contribution in [1.29, 1.82) is 5.26 Å². The van der Waals surface area contributed by atoms with Gasteiger partial charge in [0.2, 0.25) is 0 Å². The van der Waals surface area contributed by atoms with Gasteiger partial charge in [0.05, 0.1) is 11.6 Å². The van der Waals surface area contributed by atoms with E-state index in [9.17, 15) is 5.26 Å². The van der Waals surface area contributed by atoms with Gasteiger partial charge in [-0.15, -0.1) is 0 Å². The number of nitrogens with zero attached hydrogens (tertiary/aromatic N) is 2. The summed E-state index contributed by atoms with van der Waals surface area (Å²) in [6.45, 7) is 3.62. The Morgan fingerprint density at radius 3 is 2.73 bits per heavy atom. The summed E-state index contributed by atoms with van der Waals surface area (Å²) in [5.41, 5.74) is 2.77. The molecule has 1 aromatic rings. The Morgan fingerprint density at radius 2 is 1.95 bits per heavy atom. The smallest absolute Gasteiger partial charge is 0.0995 e. The van der Waals surface area contributed by atoms with Crippen LogP contribution in [0.2, 0.25) is 0 Å². The molecular formula is C19H25N3. The fourth-order valence-corrected chi connectivity index (χ4v) is 4.99. The van der Waals surface area contributed by atoms with Crippen LogP contribution in [-0.4, -0.2) is 30.6 Å². The van der Waals surface area contributed by atoms with Crippen LogP contribution >= 0.6 is 0 Å². The minimum Gasteiger partial charge on any atom is -0.317 e. The van der Waals surface area contributed by atoms with E-state index < -0.39 is 0 Å². The zero-order chi connectivity index (χ0) is 15.0. The first-order chi connectivity index (χ1) is 10.8. The number of hydrogen-bond acceptors (Lipinski definition) is 3. The van der Waals surface area contributed by atoms with E-state index in [0.717, 1.165) is 11.6 Å². The molecule has 2 aliphatic heterocycles. The summed E-state index contributed by atoms with van der Waals surface area (Å²) >= 11 is 0. The molecule has 0 amide bonds. The summed E-state index contributed by atoms with van der Waals surface area (Å²) in [5.74, 6) is 0. The largest absolute Gasteiger partial charge is 0.317 e. The van der Waals surface area contributed by atoms with Gasteiger partial charge in [-0.2, -0.15) is 5.26 Å². The van der Waals surface area contributed by atoms with Crippen molar-refractivity contribution in [3.63, 3.8) is 0 Å². The monoisotopic (exact) mass is 295 g/mol. The molecule has 1 spiro atoms. The van der Waals surface area contributed by atoms with E-state index in [-0.39, 0.29) is 0 Å². The molecule has 1 saturated carbocycles. The van der Waals surface area contributed by atoms with Crippen LogP contribution in [0.5, 0.6) is 0 Å². The van der Waals surface area contributed by atoms with Gasteiger partial charge in [-0.25, -0.2) is 0 Å². The molecular weight excluding hydrogens is 270 g/mol. The Balaban J connectivity index is 1.50. The molecule has 1 atom stereocenters. The van der Waals surface area contributed by atoms with E-state index in [1.54, 1.807) is 0 Å². The highest BCUT2D eigenvalue weighted by Crippen LogP contribution is 2.52. The van der Waals surface area contributed by atoms with E-state index in [0.29, 0.717) is 11.5 Å². The van der Waals surface area contributed by atoms with Crippen LogP contribution in [0, 0.1) is 16.7 Å². The molecule has 1 aliphatic carbocycles. The van der Waals surface area contributed by atoms with Crippen molar-refractivity contribution in [2.75, 3.05) is 19.6 Å². The molecule has 0 unspecified atom stereocenters. The highest BCUT2D eigenvalue weighted by molar-refractivity contribution is 5.40. The third kappa shape index (κ3) is 2.35. The maximum Gasteiger partial charge on any atom is 0.0995 e. The van der Waals surface area contributed by atoms with Gasteiger partial charge >= 0.3 is 0 Å². The minimum absolute atomic E-state index is 0.472. The second-order valence-electron chi connectivity index (χ2n) is 7.41. The zero-order valence-electron chi connectivity index (χ0n) is 13.2. The van der Waals surface area contributed by atoms with Gasteiger partial charge in [0.15, 0.2) is 0 Å². The first-order valence-corrected chi connectivity index (χ1v) is 8.77. The van der Waals surface area contributed by atoms with Gasteiger partial charge < -0.3 is 5.32 Å². The van der Waals surface area contributed by atoms with E-state index in [1.165, 1.54) is 63.7 Å². The van der Waals surface area contributed by atoms with Crippen LogP contribution in [0.25, 0.3) is 0 Å². The molecule has 3 fully saturated rings. The third-order valence-electron chi connectivity index (χ3n) is 6.20. The molecule has 2 heterocycles. The summed E-state index contributed by atoms with van der Waals surface area (Å²) < 4.78 is 0. The summed E-state index contributed by atoms with van der Waals surface area (Å²) in [6, 6.07) is 11.8. The van der Waals surface area contributed by atoms with Crippen LogP contribution in [0.1, 0.15) is 55.7 Å². The molecule has 3 aliphatic rings. The average Bonchev–Trinajstić information content (AvgIpc) is 3.02. The molecule has 3 heteroatoms. The normalized spacial score (nSPS) is 28.4. The molecule has 1 aromatic carbocycles.